The van der Waals surface area contributed by atoms with Crippen molar-refractivity contribution in [2.45, 2.75) is 46.2 Å². The molecular formula is C14H23BrN2OS. The second-order valence-electron chi connectivity index (χ2n) is 6.21. The zero-order chi connectivity index (χ0) is 14.6. The molecule has 0 saturated heterocycles. The molecule has 0 fully saturated rings. The SMILES string of the molecule is CN(Cc1cc(Br)cs1)C(=O)CC(N)CC(C)(C)C. The predicted octanol–water partition coefficient (Wildman–Crippen LogP) is 3.62. The Hall–Kier alpha value is -0.390. The van der Waals surface area contributed by atoms with Crippen molar-refractivity contribution >= 4 is 33.2 Å². The summed E-state index contributed by atoms with van der Waals surface area (Å²) in [6.07, 6.45) is 1.28. The molecule has 1 atom stereocenters. The Morgan fingerprint density at radius 3 is 2.63 bits per heavy atom. The third kappa shape index (κ3) is 6.54. The van der Waals surface area contributed by atoms with Crippen LogP contribution in [0.1, 0.15) is 38.5 Å². The summed E-state index contributed by atoms with van der Waals surface area (Å²) in [5.74, 6) is 0.112. The van der Waals surface area contributed by atoms with Gasteiger partial charge in [-0.1, -0.05) is 20.8 Å². The van der Waals surface area contributed by atoms with Gasteiger partial charge in [-0.05, 0) is 33.8 Å². The Morgan fingerprint density at radius 1 is 1.53 bits per heavy atom. The number of hydrogen-bond acceptors (Lipinski definition) is 3. The van der Waals surface area contributed by atoms with Crippen LogP contribution >= 0.6 is 27.3 Å². The van der Waals surface area contributed by atoms with E-state index in [1.165, 1.54) is 4.88 Å². The minimum atomic E-state index is -0.0648. The minimum Gasteiger partial charge on any atom is -0.341 e. The van der Waals surface area contributed by atoms with Crippen molar-refractivity contribution in [1.29, 1.82) is 0 Å². The first-order chi connectivity index (χ1) is 8.67. The molecule has 1 aromatic rings. The van der Waals surface area contributed by atoms with Crippen LogP contribution in [-0.2, 0) is 11.3 Å². The van der Waals surface area contributed by atoms with Crippen LogP contribution in [0.5, 0.6) is 0 Å². The van der Waals surface area contributed by atoms with Gasteiger partial charge < -0.3 is 10.6 Å². The fourth-order valence-electron chi connectivity index (χ4n) is 2.00. The molecule has 1 unspecified atom stereocenters. The molecule has 0 aromatic carbocycles. The molecule has 1 amide bonds. The molecule has 108 valence electrons. The third-order valence-corrected chi connectivity index (χ3v) is 4.43. The number of nitrogens with two attached hydrogens (primary N) is 1. The molecule has 0 bridgehead atoms. The number of hydrogen-bond donors (Lipinski definition) is 1. The summed E-state index contributed by atoms with van der Waals surface area (Å²) in [7, 11) is 1.83. The molecule has 0 aliphatic rings. The Morgan fingerprint density at radius 2 is 2.16 bits per heavy atom. The zero-order valence-electron chi connectivity index (χ0n) is 12.1. The van der Waals surface area contributed by atoms with E-state index in [-0.39, 0.29) is 17.4 Å². The topological polar surface area (TPSA) is 46.3 Å². The van der Waals surface area contributed by atoms with Gasteiger partial charge in [0.15, 0.2) is 0 Å². The fraction of sp³-hybridized carbons (Fsp3) is 0.643. The maximum absolute atomic E-state index is 12.1. The highest BCUT2D eigenvalue weighted by Crippen LogP contribution is 2.23. The maximum Gasteiger partial charge on any atom is 0.224 e. The van der Waals surface area contributed by atoms with E-state index in [2.05, 4.69) is 36.7 Å². The highest BCUT2D eigenvalue weighted by molar-refractivity contribution is 9.10. The molecule has 0 spiro atoms. The number of carbonyl (C=O) groups is 1. The zero-order valence-corrected chi connectivity index (χ0v) is 14.5. The summed E-state index contributed by atoms with van der Waals surface area (Å²) >= 11 is 5.07. The number of carbonyl (C=O) groups excluding carboxylic acids is 1. The largest absolute Gasteiger partial charge is 0.341 e. The summed E-state index contributed by atoms with van der Waals surface area (Å²) in [5.41, 5.74) is 6.21. The minimum absolute atomic E-state index is 0.0648. The van der Waals surface area contributed by atoms with E-state index < -0.39 is 0 Å². The lowest BCUT2D eigenvalue weighted by atomic mass is 9.87. The van der Waals surface area contributed by atoms with Crippen LogP contribution in [0.15, 0.2) is 15.9 Å². The second kappa shape index (κ2) is 6.86. The molecule has 0 saturated carbocycles. The van der Waals surface area contributed by atoms with Gasteiger partial charge in [0.1, 0.15) is 0 Å². The third-order valence-electron chi connectivity index (χ3n) is 2.75. The average Bonchev–Trinajstić information content (AvgIpc) is 2.60. The standard InChI is InChI=1S/C14H23BrN2OS/c1-14(2,3)7-11(16)6-13(18)17(4)8-12-5-10(15)9-19-12/h5,9,11H,6-8,16H2,1-4H3. The van der Waals surface area contributed by atoms with Crippen molar-refractivity contribution in [2.24, 2.45) is 11.1 Å². The van der Waals surface area contributed by atoms with Crippen LogP contribution in [0.25, 0.3) is 0 Å². The lowest BCUT2D eigenvalue weighted by Crippen LogP contribution is -2.35. The lowest BCUT2D eigenvalue weighted by Gasteiger charge is -2.24. The van der Waals surface area contributed by atoms with Crippen LogP contribution in [0, 0.1) is 5.41 Å². The smallest absolute Gasteiger partial charge is 0.224 e. The van der Waals surface area contributed by atoms with Gasteiger partial charge in [-0.2, -0.15) is 0 Å². The summed E-state index contributed by atoms with van der Waals surface area (Å²) < 4.78 is 1.07. The summed E-state index contributed by atoms with van der Waals surface area (Å²) in [6.45, 7) is 7.08. The Balaban J connectivity index is 2.44. The van der Waals surface area contributed by atoms with Gasteiger partial charge in [0, 0.05) is 34.2 Å². The predicted molar refractivity (Wildman–Crippen MR) is 85.2 cm³/mol. The molecule has 0 aliphatic carbocycles. The van der Waals surface area contributed by atoms with Gasteiger partial charge in [-0.3, -0.25) is 4.79 Å². The van der Waals surface area contributed by atoms with Crippen LogP contribution in [0.4, 0.5) is 0 Å². The van der Waals surface area contributed by atoms with Crippen LogP contribution in [0.2, 0.25) is 0 Å². The quantitative estimate of drug-likeness (QED) is 0.884. The van der Waals surface area contributed by atoms with E-state index in [4.69, 9.17) is 5.73 Å². The van der Waals surface area contributed by atoms with Gasteiger partial charge in [0.2, 0.25) is 5.91 Å². The summed E-state index contributed by atoms with van der Waals surface area (Å²) in [5, 5.41) is 2.03. The molecule has 1 heterocycles. The monoisotopic (exact) mass is 346 g/mol. The van der Waals surface area contributed by atoms with Crippen molar-refractivity contribution in [3.05, 3.63) is 20.8 Å². The van der Waals surface area contributed by atoms with Crippen molar-refractivity contribution in [2.75, 3.05) is 7.05 Å². The van der Waals surface area contributed by atoms with E-state index in [9.17, 15) is 4.79 Å². The lowest BCUT2D eigenvalue weighted by molar-refractivity contribution is -0.130. The van der Waals surface area contributed by atoms with E-state index in [1.54, 1.807) is 16.2 Å². The molecular weight excluding hydrogens is 324 g/mol. The molecule has 5 heteroatoms. The van der Waals surface area contributed by atoms with E-state index in [0.29, 0.717) is 13.0 Å². The number of nitrogens with zero attached hydrogens (tertiary/aromatic N) is 1. The number of rotatable bonds is 5. The first-order valence-corrected chi connectivity index (χ1v) is 8.07. The highest BCUT2D eigenvalue weighted by atomic mass is 79.9. The Bertz CT molecular complexity index is 425. The van der Waals surface area contributed by atoms with Gasteiger partial charge in [0.25, 0.3) is 0 Å². The van der Waals surface area contributed by atoms with Gasteiger partial charge in [0.05, 0.1) is 6.54 Å². The molecule has 0 radical (unpaired) electrons. The molecule has 3 nitrogen and oxygen atoms in total. The van der Waals surface area contributed by atoms with Crippen molar-refractivity contribution in [1.82, 2.24) is 4.90 Å². The normalized spacial score (nSPS) is 13.4. The van der Waals surface area contributed by atoms with Crippen LogP contribution < -0.4 is 5.73 Å². The van der Waals surface area contributed by atoms with Gasteiger partial charge >= 0.3 is 0 Å². The fourth-order valence-corrected chi connectivity index (χ4v) is 3.50. The Labute approximate surface area is 128 Å². The van der Waals surface area contributed by atoms with E-state index in [1.807, 2.05) is 18.5 Å². The molecule has 1 rings (SSSR count). The molecule has 19 heavy (non-hydrogen) atoms. The highest BCUT2D eigenvalue weighted by Gasteiger charge is 2.20. The molecule has 1 aromatic heterocycles. The summed E-state index contributed by atoms with van der Waals surface area (Å²) in [4.78, 5) is 15.0. The Kier molecular flexibility index (Phi) is 6.02. The average molecular weight is 347 g/mol. The maximum atomic E-state index is 12.1. The van der Waals surface area contributed by atoms with Crippen molar-refractivity contribution in [3.63, 3.8) is 0 Å². The number of halogens is 1. The van der Waals surface area contributed by atoms with E-state index in [0.717, 1.165) is 10.9 Å². The molecule has 2 N–H and O–H groups in total. The van der Waals surface area contributed by atoms with Crippen molar-refractivity contribution < 1.29 is 4.79 Å². The van der Waals surface area contributed by atoms with Crippen LogP contribution in [0.3, 0.4) is 0 Å². The number of amides is 1. The number of thiophene rings is 1. The van der Waals surface area contributed by atoms with Gasteiger partial charge in [-0.15, -0.1) is 11.3 Å². The molecule has 0 aliphatic heterocycles. The first-order valence-electron chi connectivity index (χ1n) is 6.40. The van der Waals surface area contributed by atoms with E-state index >= 15 is 0 Å². The summed E-state index contributed by atoms with van der Waals surface area (Å²) in [6, 6.07) is 1.98. The first kappa shape index (κ1) is 16.7. The van der Waals surface area contributed by atoms with Gasteiger partial charge in [-0.25, -0.2) is 0 Å². The van der Waals surface area contributed by atoms with Crippen molar-refractivity contribution in [3.8, 4) is 0 Å². The van der Waals surface area contributed by atoms with Crippen LogP contribution in [-0.4, -0.2) is 23.9 Å². The second-order valence-corrected chi connectivity index (χ2v) is 8.12.